The number of benzene rings is 1. The Bertz CT molecular complexity index is 730. The lowest BCUT2D eigenvalue weighted by atomic mass is 9.85. The molecule has 0 amide bonds. The first kappa shape index (κ1) is 22.8. The number of nitrogens with one attached hydrogen (secondary N) is 1. The van der Waals surface area contributed by atoms with Gasteiger partial charge in [0, 0.05) is 24.4 Å². The molecule has 0 fully saturated rings. The first-order valence-corrected chi connectivity index (χ1v) is 9.36. The number of aliphatic imine (C=N–C) groups is 1. The van der Waals surface area contributed by atoms with E-state index < -0.39 is 0 Å². The number of hydrogen-bond donors (Lipinski definition) is 1. The highest BCUT2D eigenvalue weighted by Gasteiger charge is 2.21. The summed E-state index contributed by atoms with van der Waals surface area (Å²) in [7, 11) is 2.01. The maximum absolute atomic E-state index is 13.5. The molecular formula is C19H28FIN4S. The number of rotatable bonds is 6. The Morgan fingerprint density at radius 3 is 2.69 bits per heavy atom. The zero-order valence-electron chi connectivity index (χ0n) is 16.0. The summed E-state index contributed by atoms with van der Waals surface area (Å²) in [4.78, 5) is 11.4. The Morgan fingerprint density at radius 1 is 1.38 bits per heavy atom. The number of thiazole rings is 1. The van der Waals surface area contributed by atoms with Gasteiger partial charge in [0.1, 0.15) is 5.82 Å². The van der Waals surface area contributed by atoms with Crippen molar-refractivity contribution in [3.05, 3.63) is 51.7 Å². The van der Waals surface area contributed by atoms with Crippen molar-refractivity contribution in [2.24, 2.45) is 4.99 Å². The van der Waals surface area contributed by atoms with E-state index in [1.807, 2.05) is 27.0 Å². The predicted octanol–water partition coefficient (Wildman–Crippen LogP) is 4.58. The van der Waals surface area contributed by atoms with Gasteiger partial charge in [0.2, 0.25) is 0 Å². The molecule has 0 aliphatic carbocycles. The molecule has 0 spiro atoms. The Morgan fingerprint density at radius 2 is 2.12 bits per heavy atom. The molecule has 1 aromatic carbocycles. The fourth-order valence-electron chi connectivity index (χ4n) is 2.54. The molecular weight excluding hydrogens is 462 g/mol. The molecule has 0 atom stereocenters. The average Bonchev–Trinajstić information content (AvgIpc) is 2.96. The van der Waals surface area contributed by atoms with Crippen LogP contribution in [0.4, 0.5) is 4.39 Å². The van der Waals surface area contributed by atoms with Crippen LogP contribution >= 0.6 is 35.3 Å². The highest BCUT2D eigenvalue weighted by Crippen LogP contribution is 2.24. The van der Waals surface area contributed by atoms with Crippen molar-refractivity contribution >= 4 is 41.3 Å². The SMILES string of the molecule is CCNC(=NCC(C)(C)c1cccc(F)c1)N(C)Cc1csc(C)n1.I. The minimum atomic E-state index is -0.249. The predicted molar refractivity (Wildman–Crippen MR) is 119 cm³/mol. The fourth-order valence-corrected chi connectivity index (χ4v) is 3.15. The average molecular weight is 490 g/mol. The largest absolute Gasteiger partial charge is 0.357 e. The van der Waals surface area contributed by atoms with Gasteiger partial charge in [0.25, 0.3) is 0 Å². The van der Waals surface area contributed by atoms with Crippen molar-refractivity contribution in [1.82, 2.24) is 15.2 Å². The molecule has 0 saturated carbocycles. The van der Waals surface area contributed by atoms with E-state index in [2.05, 4.69) is 34.4 Å². The molecule has 0 saturated heterocycles. The number of halogens is 2. The Balaban J connectivity index is 0.00000338. The van der Waals surface area contributed by atoms with Gasteiger partial charge in [-0.05, 0) is 31.5 Å². The van der Waals surface area contributed by atoms with Crippen molar-refractivity contribution in [2.45, 2.75) is 39.7 Å². The lowest BCUT2D eigenvalue weighted by Gasteiger charge is -2.26. The Labute approximate surface area is 177 Å². The van der Waals surface area contributed by atoms with Crippen LogP contribution in [0.25, 0.3) is 0 Å². The molecule has 4 nitrogen and oxygen atoms in total. The highest BCUT2D eigenvalue weighted by atomic mass is 127. The molecule has 26 heavy (non-hydrogen) atoms. The van der Waals surface area contributed by atoms with Crippen molar-refractivity contribution in [3.8, 4) is 0 Å². The summed E-state index contributed by atoms with van der Waals surface area (Å²) in [5, 5.41) is 6.47. The van der Waals surface area contributed by atoms with Crippen LogP contribution in [0.3, 0.4) is 0 Å². The minimum absolute atomic E-state index is 0. The second-order valence-corrected chi connectivity index (χ2v) is 7.84. The molecule has 7 heteroatoms. The van der Waals surface area contributed by atoms with Gasteiger partial charge in [-0.3, -0.25) is 4.99 Å². The zero-order chi connectivity index (χ0) is 18.4. The van der Waals surface area contributed by atoms with Gasteiger partial charge < -0.3 is 10.2 Å². The van der Waals surface area contributed by atoms with Crippen LogP contribution in [0.2, 0.25) is 0 Å². The first-order chi connectivity index (χ1) is 11.8. The summed E-state index contributed by atoms with van der Waals surface area (Å²) >= 11 is 1.65. The van der Waals surface area contributed by atoms with Gasteiger partial charge in [-0.15, -0.1) is 35.3 Å². The Kier molecular flexibility index (Phi) is 8.95. The highest BCUT2D eigenvalue weighted by molar-refractivity contribution is 14.0. The van der Waals surface area contributed by atoms with Crippen LogP contribution in [-0.4, -0.2) is 36.0 Å². The van der Waals surface area contributed by atoms with E-state index in [-0.39, 0.29) is 35.2 Å². The maximum Gasteiger partial charge on any atom is 0.194 e. The van der Waals surface area contributed by atoms with Crippen molar-refractivity contribution in [2.75, 3.05) is 20.1 Å². The lowest BCUT2D eigenvalue weighted by Crippen LogP contribution is -2.39. The van der Waals surface area contributed by atoms with Crippen LogP contribution in [0, 0.1) is 12.7 Å². The van der Waals surface area contributed by atoms with Crippen LogP contribution < -0.4 is 5.32 Å². The van der Waals surface area contributed by atoms with Gasteiger partial charge in [-0.1, -0.05) is 26.0 Å². The molecule has 144 valence electrons. The summed E-state index contributed by atoms with van der Waals surface area (Å²) in [5.41, 5.74) is 1.74. The molecule has 1 N–H and O–H groups in total. The minimum Gasteiger partial charge on any atom is -0.357 e. The van der Waals surface area contributed by atoms with Gasteiger partial charge in [-0.25, -0.2) is 9.37 Å². The summed E-state index contributed by atoms with van der Waals surface area (Å²) < 4.78 is 13.5. The van der Waals surface area contributed by atoms with Crippen molar-refractivity contribution in [1.29, 1.82) is 0 Å². The molecule has 0 aliphatic heterocycles. The van der Waals surface area contributed by atoms with Crippen LogP contribution in [0.1, 0.15) is 37.0 Å². The van der Waals surface area contributed by atoms with Crippen molar-refractivity contribution < 1.29 is 4.39 Å². The van der Waals surface area contributed by atoms with Crippen LogP contribution in [0.5, 0.6) is 0 Å². The van der Waals surface area contributed by atoms with E-state index in [9.17, 15) is 4.39 Å². The van der Waals surface area contributed by atoms with Gasteiger partial charge in [-0.2, -0.15) is 0 Å². The topological polar surface area (TPSA) is 40.5 Å². The van der Waals surface area contributed by atoms with E-state index in [1.165, 1.54) is 6.07 Å². The molecule has 0 unspecified atom stereocenters. The number of hydrogen-bond acceptors (Lipinski definition) is 3. The van der Waals surface area contributed by atoms with Crippen molar-refractivity contribution in [3.63, 3.8) is 0 Å². The second-order valence-electron chi connectivity index (χ2n) is 6.78. The molecule has 0 radical (unpaired) electrons. The van der Waals surface area contributed by atoms with Crippen LogP contribution in [0.15, 0.2) is 34.6 Å². The summed E-state index contributed by atoms with van der Waals surface area (Å²) in [6, 6.07) is 6.76. The third-order valence-corrected chi connectivity index (χ3v) is 4.81. The first-order valence-electron chi connectivity index (χ1n) is 8.48. The van der Waals surface area contributed by atoms with Crippen LogP contribution in [-0.2, 0) is 12.0 Å². The summed E-state index contributed by atoms with van der Waals surface area (Å²) in [6.07, 6.45) is 0. The standard InChI is InChI=1S/C19H27FN4S.HI/c1-6-21-18(24(5)11-17-12-25-14(2)23-17)22-13-19(3,4)15-8-7-9-16(20)10-15;/h7-10,12H,6,11,13H2,1-5H3,(H,21,22);1H. The van der Waals surface area contributed by atoms with E-state index in [1.54, 1.807) is 23.5 Å². The van der Waals surface area contributed by atoms with Gasteiger partial charge >= 0.3 is 0 Å². The second kappa shape index (κ2) is 10.2. The lowest BCUT2D eigenvalue weighted by molar-refractivity contribution is 0.461. The summed E-state index contributed by atoms with van der Waals surface area (Å²) in [5.74, 6) is 0.620. The molecule has 0 bridgehead atoms. The third-order valence-electron chi connectivity index (χ3n) is 3.99. The number of nitrogens with zero attached hydrogens (tertiary/aromatic N) is 3. The monoisotopic (exact) mass is 490 g/mol. The molecule has 2 rings (SSSR count). The quantitative estimate of drug-likeness (QED) is 0.366. The van der Waals surface area contributed by atoms with E-state index in [4.69, 9.17) is 4.99 Å². The Hall–Kier alpha value is -1.22. The van der Waals surface area contributed by atoms with E-state index in [0.29, 0.717) is 13.1 Å². The number of guanidine groups is 1. The fraction of sp³-hybridized carbons (Fsp3) is 0.474. The molecule has 0 aliphatic rings. The van der Waals surface area contributed by atoms with E-state index >= 15 is 0 Å². The molecule has 2 aromatic rings. The van der Waals surface area contributed by atoms with E-state index in [0.717, 1.165) is 28.8 Å². The van der Waals surface area contributed by atoms with Gasteiger partial charge in [0.15, 0.2) is 5.96 Å². The summed E-state index contributed by atoms with van der Waals surface area (Å²) in [6.45, 7) is 10.3. The molecule has 1 heterocycles. The number of aryl methyl sites for hydroxylation is 1. The molecule has 1 aromatic heterocycles. The maximum atomic E-state index is 13.5. The van der Waals surface area contributed by atoms with Gasteiger partial charge in [0.05, 0.1) is 23.8 Å². The normalized spacial score (nSPS) is 11.8. The zero-order valence-corrected chi connectivity index (χ0v) is 19.2. The number of aromatic nitrogens is 1. The third kappa shape index (κ3) is 6.50. The smallest absolute Gasteiger partial charge is 0.194 e.